The van der Waals surface area contributed by atoms with Crippen molar-refractivity contribution in [1.82, 2.24) is 9.80 Å². The zero-order valence-corrected chi connectivity index (χ0v) is 11.8. The van der Waals surface area contributed by atoms with Crippen molar-refractivity contribution in [3.05, 3.63) is 0 Å². The second kappa shape index (κ2) is 6.13. The van der Waals surface area contributed by atoms with Gasteiger partial charge in [0.2, 0.25) is 0 Å². The van der Waals surface area contributed by atoms with Gasteiger partial charge >= 0.3 is 0 Å². The van der Waals surface area contributed by atoms with Crippen LogP contribution >= 0.6 is 0 Å². The van der Waals surface area contributed by atoms with Crippen LogP contribution in [0.5, 0.6) is 0 Å². The van der Waals surface area contributed by atoms with Gasteiger partial charge in [0.15, 0.2) is 9.84 Å². The Labute approximate surface area is 104 Å². The number of rotatable bonds is 6. The first kappa shape index (κ1) is 14.9. The average molecular weight is 264 g/mol. The van der Waals surface area contributed by atoms with Crippen LogP contribution in [0.15, 0.2) is 0 Å². The summed E-state index contributed by atoms with van der Waals surface area (Å²) in [5.41, 5.74) is 0. The molecule has 0 radical (unpaired) electrons. The van der Waals surface area contributed by atoms with Crippen LogP contribution in [0.4, 0.5) is 0 Å². The van der Waals surface area contributed by atoms with Crippen molar-refractivity contribution >= 4 is 9.84 Å². The first-order valence-corrected chi connectivity index (χ1v) is 7.95. The third-order valence-corrected chi connectivity index (χ3v) is 4.81. The van der Waals surface area contributed by atoms with Crippen molar-refractivity contribution in [3.63, 3.8) is 0 Å². The van der Waals surface area contributed by atoms with E-state index in [0.717, 1.165) is 26.1 Å². The molecule has 1 aliphatic rings. The van der Waals surface area contributed by atoms with Crippen molar-refractivity contribution < 1.29 is 13.5 Å². The summed E-state index contributed by atoms with van der Waals surface area (Å²) in [4.78, 5) is 4.17. The van der Waals surface area contributed by atoms with Crippen LogP contribution in [0, 0.1) is 0 Å². The van der Waals surface area contributed by atoms with Crippen LogP contribution in [0.1, 0.15) is 13.3 Å². The minimum absolute atomic E-state index is 0.0835. The minimum atomic E-state index is -3.05. The van der Waals surface area contributed by atoms with Crippen molar-refractivity contribution in [2.75, 3.05) is 45.2 Å². The molecule has 1 N–H and O–H groups in total. The van der Waals surface area contributed by atoms with Crippen molar-refractivity contribution in [2.24, 2.45) is 0 Å². The van der Waals surface area contributed by atoms with E-state index in [1.54, 1.807) is 0 Å². The van der Waals surface area contributed by atoms with Gasteiger partial charge in [0.05, 0.1) is 23.7 Å². The third-order valence-electron chi connectivity index (χ3n) is 3.11. The lowest BCUT2D eigenvalue weighted by molar-refractivity contribution is 0.0785. The predicted molar refractivity (Wildman–Crippen MR) is 68.9 cm³/mol. The molecule has 5 nitrogen and oxygen atoms in total. The summed E-state index contributed by atoms with van der Waals surface area (Å²) in [7, 11) is 0.932. The number of sulfone groups is 1. The third kappa shape index (κ3) is 4.54. The predicted octanol–water partition coefficient (Wildman–Crippen LogP) is -0.582. The zero-order valence-electron chi connectivity index (χ0n) is 11.0. The number of likely N-dealkylation sites (N-methyl/N-ethyl adjacent to an activating group) is 1. The Morgan fingerprint density at radius 1 is 1.18 bits per heavy atom. The quantitative estimate of drug-likeness (QED) is 0.695. The van der Waals surface area contributed by atoms with Gasteiger partial charge in [0.1, 0.15) is 0 Å². The van der Waals surface area contributed by atoms with Crippen molar-refractivity contribution in [3.8, 4) is 0 Å². The van der Waals surface area contributed by atoms with Gasteiger partial charge in [-0.1, -0.05) is 6.92 Å². The molecule has 0 amide bonds. The zero-order chi connectivity index (χ0) is 13.1. The Kier molecular flexibility index (Phi) is 5.37. The van der Waals surface area contributed by atoms with Gasteiger partial charge in [-0.25, -0.2) is 8.42 Å². The fourth-order valence-electron chi connectivity index (χ4n) is 2.22. The molecular formula is C11H24N2O3S. The lowest BCUT2D eigenvalue weighted by Gasteiger charge is -2.30. The summed E-state index contributed by atoms with van der Waals surface area (Å²) in [6, 6.07) is -0.222. The van der Waals surface area contributed by atoms with Gasteiger partial charge in [0, 0.05) is 13.1 Å². The van der Waals surface area contributed by atoms with Crippen LogP contribution in [-0.4, -0.2) is 80.7 Å². The highest BCUT2D eigenvalue weighted by Crippen LogP contribution is 2.18. The molecule has 0 aromatic heterocycles. The molecule has 2 atom stereocenters. The van der Waals surface area contributed by atoms with E-state index in [9.17, 15) is 13.5 Å². The summed E-state index contributed by atoms with van der Waals surface area (Å²) >= 11 is 0. The van der Waals surface area contributed by atoms with Crippen molar-refractivity contribution in [2.45, 2.75) is 25.5 Å². The van der Waals surface area contributed by atoms with Gasteiger partial charge in [-0.2, -0.15) is 0 Å². The van der Waals surface area contributed by atoms with Gasteiger partial charge in [-0.05, 0) is 27.1 Å². The molecule has 0 aliphatic carbocycles. The van der Waals surface area contributed by atoms with Crippen molar-refractivity contribution in [1.29, 1.82) is 0 Å². The Morgan fingerprint density at radius 3 is 2.24 bits per heavy atom. The molecular weight excluding hydrogens is 240 g/mol. The molecule has 0 aromatic carbocycles. The van der Waals surface area contributed by atoms with Crippen LogP contribution in [0.3, 0.4) is 0 Å². The smallest absolute Gasteiger partial charge is 0.154 e. The van der Waals surface area contributed by atoms with E-state index in [-0.39, 0.29) is 17.5 Å². The van der Waals surface area contributed by atoms with Gasteiger partial charge < -0.3 is 10.0 Å². The molecule has 1 aliphatic heterocycles. The Bertz CT molecular complexity index is 330. The molecule has 1 rings (SSSR count). The van der Waals surface area contributed by atoms with E-state index in [1.807, 2.05) is 14.1 Å². The standard InChI is InChI=1S/C11H24N2O3S/c1-4-5-13(7-6-12(2)3)10-8-17(15,16)9-11(10)14/h10-11,14H,4-9H2,1-3H3. The summed E-state index contributed by atoms with van der Waals surface area (Å²) in [6.45, 7) is 4.59. The summed E-state index contributed by atoms with van der Waals surface area (Å²) in [5.74, 6) is 0.0153. The lowest BCUT2D eigenvalue weighted by Crippen LogP contribution is -2.46. The Morgan fingerprint density at radius 2 is 1.82 bits per heavy atom. The molecule has 102 valence electrons. The summed E-state index contributed by atoms with van der Waals surface area (Å²) in [5, 5.41) is 9.85. The molecule has 1 fully saturated rings. The molecule has 6 heteroatoms. The Hall–Kier alpha value is -0.170. The SMILES string of the molecule is CCCN(CCN(C)C)C1CS(=O)(=O)CC1O. The fourth-order valence-corrected chi connectivity index (χ4v) is 4.05. The van der Waals surface area contributed by atoms with Gasteiger partial charge in [0.25, 0.3) is 0 Å². The first-order valence-electron chi connectivity index (χ1n) is 6.13. The lowest BCUT2D eigenvalue weighted by atomic mass is 10.1. The van der Waals surface area contributed by atoms with E-state index >= 15 is 0 Å². The summed E-state index contributed by atoms with van der Waals surface area (Å²) < 4.78 is 23.0. The molecule has 2 unspecified atom stereocenters. The van der Waals surface area contributed by atoms with Crippen LogP contribution in [0.2, 0.25) is 0 Å². The monoisotopic (exact) mass is 264 g/mol. The van der Waals surface area contributed by atoms with Crippen LogP contribution in [-0.2, 0) is 9.84 Å². The highest BCUT2D eigenvalue weighted by molar-refractivity contribution is 7.91. The number of aliphatic hydroxyl groups is 1. The highest BCUT2D eigenvalue weighted by Gasteiger charge is 2.39. The maximum Gasteiger partial charge on any atom is 0.154 e. The number of hydrogen-bond donors (Lipinski definition) is 1. The normalized spacial score (nSPS) is 28.1. The molecule has 0 aromatic rings. The van der Waals surface area contributed by atoms with E-state index < -0.39 is 15.9 Å². The maximum atomic E-state index is 11.5. The highest BCUT2D eigenvalue weighted by atomic mass is 32.2. The average Bonchev–Trinajstić information content (AvgIpc) is 2.46. The van der Waals surface area contributed by atoms with Crippen LogP contribution in [0.25, 0.3) is 0 Å². The number of aliphatic hydroxyl groups excluding tert-OH is 1. The number of hydrogen-bond acceptors (Lipinski definition) is 5. The molecule has 1 heterocycles. The summed E-state index contributed by atoms with van der Waals surface area (Å²) in [6.07, 6.45) is 0.241. The molecule has 1 saturated heterocycles. The minimum Gasteiger partial charge on any atom is -0.390 e. The Balaban J connectivity index is 2.64. The second-order valence-electron chi connectivity index (χ2n) is 5.05. The molecule has 0 bridgehead atoms. The van der Waals surface area contributed by atoms with E-state index in [1.165, 1.54) is 0 Å². The number of nitrogens with zero attached hydrogens (tertiary/aromatic N) is 2. The largest absolute Gasteiger partial charge is 0.390 e. The van der Waals surface area contributed by atoms with Gasteiger partial charge in [-0.3, -0.25) is 4.90 Å². The van der Waals surface area contributed by atoms with E-state index in [0.29, 0.717) is 0 Å². The maximum absolute atomic E-state index is 11.5. The molecule has 17 heavy (non-hydrogen) atoms. The molecule has 0 spiro atoms. The van der Waals surface area contributed by atoms with E-state index in [4.69, 9.17) is 0 Å². The second-order valence-corrected chi connectivity index (χ2v) is 7.20. The first-order chi connectivity index (χ1) is 7.85. The molecule has 0 saturated carbocycles. The van der Waals surface area contributed by atoms with E-state index in [2.05, 4.69) is 16.7 Å². The van der Waals surface area contributed by atoms with Crippen LogP contribution < -0.4 is 0 Å². The fraction of sp³-hybridized carbons (Fsp3) is 1.00. The van der Waals surface area contributed by atoms with Gasteiger partial charge in [-0.15, -0.1) is 0 Å². The topological polar surface area (TPSA) is 60.9 Å².